The molecular weight excluding hydrogens is 196 g/mol. The molecule has 0 unspecified atom stereocenters. The topological polar surface area (TPSA) is 38.4 Å². The number of aliphatic imine (C=N–C) groups is 1. The lowest BCUT2D eigenvalue weighted by atomic mass is 10.1. The molecule has 0 saturated heterocycles. The Balaban J connectivity index is 3.05. The molecular formula is C14H18N2. The van der Waals surface area contributed by atoms with Crippen LogP contribution in [0.5, 0.6) is 0 Å². The lowest BCUT2D eigenvalue weighted by Crippen LogP contribution is -2.03. The van der Waals surface area contributed by atoms with Gasteiger partial charge < -0.3 is 5.73 Å². The van der Waals surface area contributed by atoms with Crippen molar-refractivity contribution in [3.05, 3.63) is 60.0 Å². The van der Waals surface area contributed by atoms with Crippen molar-refractivity contribution in [2.45, 2.75) is 20.3 Å². The van der Waals surface area contributed by atoms with Gasteiger partial charge in [0.1, 0.15) is 0 Å². The number of rotatable bonds is 3. The normalized spacial score (nSPS) is 19.6. The molecule has 84 valence electrons. The van der Waals surface area contributed by atoms with E-state index in [1.807, 2.05) is 50.3 Å². The summed E-state index contributed by atoms with van der Waals surface area (Å²) < 4.78 is 0. The first-order chi connectivity index (χ1) is 7.69. The summed E-state index contributed by atoms with van der Waals surface area (Å²) in [6, 6.07) is 0. The van der Waals surface area contributed by atoms with E-state index in [1.165, 1.54) is 0 Å². The maximum atomic E-state index is 5.92. The molecule has 0 spiro atoms. The van der Waals surface area contributed by atoms with Gasteiger partial charge in [-0.1, -0.05) is 37.8 Å². The summed E-state index contributed by atoms with van der Waals surface area (Å²) in [5, 5.41) is 0. The molecule has 1 rings (SSSR count). The first-order valence-corrected chi connectivity index (χ1v) is 5.43. The van der Waals surface area contributed by atoms with Gasteiger partial charge in [-0.05, 0) is 31.1 Å². The Bertz CT molecular complexity index is 418. The Kier molecular flexibility index (Phi) is 4.52. The van der Waals surface area contributed by atoms with Gasteiger partial charge in [0.05, 0.1) is 17.1 Å². The zero-order valence-corrected chi connectivity index (χ0v) is 9.90. The summed E-state index contributed by atoms with van der Waals surface area (Å²) in [4.78, 5) is 4.54. The Morgan fingerprint density at radius 1 is 1.44 bits per heavy atom. The van der Waals surface area contributed by atoms with Crippen molar-refractivity contribution >= 4 is 5.71 Å². The molecule has 0 aliphatic heterocycles. The highest BCUT2D eigenvalue weighted by molar-refractivity contribution is 6.11. The lowest BCUT2D eigenvalue weighted by Gasteiger charge is -2.07. The van der Waals surface area contributed by atoms with Gasteiger partial charge in [0.25, 0.3) is 0 Å². The van der Waals surface area contributed by atoms with Crippen LogP contribution in [0.1, 0.15) is 20.3 Å². The third kappa shape index (κ3) is 3.09. The van der Waals surface area contributed by atoms with Crippen molar-refractivity contribution in [3.8, 4) is 0 Å². The zero-order valence-electron chi connectivity index (χ0n) is 9.90. The molecule has 0 saturated carbocycles. The van der Waals surface area contributed by atoms with Gasteiger partial charge >= 0.3 is 0 Å². The highest BCUT2D eigenvalue weighted by Gasteiger charge is 2.03. The minimum absolute atomic E-state index is 0.716. The Morgan fingerprint density at radius 3 is 2.69 bits per heavy atom. The first kappa shape index (κ1) is 12.2. The van der Waals surface area contributed by atoms with E-state index in [0.717, 1.165) is 23.4 Å². The van der Waals surface area contributed by atoms with Gasteiger partial charge in [-0.2, -0.15) is 0 Å². The molecule has 0 heterocycles. The van der Waals surface area contributed by atoms with E-state index < -0.39 is 0 Å². The van der Waals surface area contributed by atoms with Crippen LogP contribution in [0, 0.1) is 0 Å². The second kappa shape index (κ2) is 5.91. The molecule has 0 fully saturated rings. The molecule has 2 nitrogen and oxygen atoms in total. The van der Waals surface area contributed by atoms with Crippen molar-refractivity contribution in [1.82, 2.24) is 0 Å². The van der Waals surface area contributed by atoms with E-state index >= 15 is 0 Å². The molecule has 0 bridgehead atoms. The highest BCUT2D eigenvalue weighted by Crippen LogP contribution is 2.13. The quantitative estimate of drug-likeness (QED) is 0.719. The average Bonchev–Trinajstić information content (AvgIpc) is 2.28. The average molecular weight is 214 g/mol. The fourth-order valence-electron chi connectivity index (χ4n) is 1.39. The maximum Gasteiger partial charge on any atom is 0.0700 e. The van der Waals surface area contributed by atoms with Gasteiger partial charge in [-0.15, -0.1) is 0 Å². The van der Waals surface area contributed by atoms with Crippen LogP contribution in [-0.4, -0.2) is 5.71 Å². The number of nitrogens with two attached hydrogens (primary N) is 1. The largest absolute Gasteiger partial charge is 0.397 e. The summed E-state index contributed by atoms with van der Waals surface area (Å²) in [6.07, 6.45) is 12.4. The van der Waals surface area contributed by atoms with E-state index in [0.29, 0.717) is 5.70 Å². The van der Waals surface area contributed by atoms with E-state index in [9.17, 15) is 0 Å². The summed E-state index contributed by atoms with van der Waals surface area (Å²) in [7, 11) is 0. The molecule has 0 radical (unpaired) electrons. The van der Waals surface area contributed by atoms with Crippen LogP contribution in [0.15, 0.2) is 65.0 Å². The Hall–Kier alpha value is -1.83. The first-order valence-electron chi connectivity index (χ1n) is 5.43. The van der Waals surface area contributed by atoms with Crippen molar-refractivity contribution in [3.63, 3.8) is 0 Å². The van der Waals surface area contributed by atoms with Gasteiger partial charge in [-0.3, -0.25) is 4.99 Å². The van der Waals surface area contributed by atoms with E-state index in [4.69, 9.17) is 5.73 Å². The van der Waals surface area contributed by atoms with Crippen molar-refractivity contribution < 1.29 is 0 Å². The van der Waals surface area contributed by atoms with Crippen LogP contribution in [0.4, 0.5) is 0 Å². The number of allylic oxidation sites excluding steroid dienone is 8. The van der Waals surface area contributed by atoms with Gasteiger partial charge in [0.15, 0.2) is 0 Å². The van der Waals surface area contributed by atoms with Crippen molar-refractivity contribution in [2.75, 3.05) is 0 Å². The fourth-order valence-corrected chi connectivity index (χ4v) is 1.39. The van der Waals surface area contributed by atoms with E-state index in [1.54, 1.807) is 0 Å². The third-order valence-corrected chi connectivity index (χ3v) is 2.26. The van der Waals surface area contributed by atoms with Crippen LogP contribution in [0.25, 0.3) is 0 Å². The van der Waals surface area contributed by atoms with Crippen molar-refractivity contribution in [2.24, 2.45) is 10.7 Å². The molecule has 0 aromatic rings. The number of hydrogen-bond donors (Lipinski definition) is 1. The molecule has 1 aliphatic rings. The van der Waals surface area contributed by atoms with Gasteiger partial charge in [0.2, 0.25) is 0 Å². The molecule has 0 amide bonds. The standard InChI is InChI=1S/C14H18N2/c1-4-8-12(15)13(5-2)16-14-10-7-6-9-11(14)3/h4,6-10H,3,5,15H2,1-2H3/b8-4+,13-12-,16-14?. The maximum absolute atomic E-state index is 5.92. The van der Waals surface area contributed by atoms with E-state index in [2.05, 4.69) is 11.6 Å². The summed E-state index contributed by atoms with van der Waals surface area (Å²) in [5.74, 6) is 0. The number of hydrogen-bond acceptors (Lipinski definition) is 2. The Morgan fingerprint density at radius 2 is 2.12 bits per heavy atom. The molecule has 1 aliphatic carbocycles. The predicted octanol–water partition coefficient (Wildman–Crippen LogP) is 3.27. The lowest BCUT2D eigenvalue weighted by molar-refractivity contribution is 1.03. The van der Waals surface area contributed by atoms with Crippen LogP contribution in [0.3, 0.4) is 0 Å². The minimum atomic E-state index is 0.716. The molecule has 0 aromatic heterocycles. The minimum Gasteiger partial charge on any atom is -0.397 e. The van der Waals surface area contributed by atoms with Gasteiger partial charge in [-0.25, -0.2) is 0 Å². The monoisotopic (exact) mass is 214 g/mol. The third-order valence-electron chi connectivity index (χ3n) is 2.26. The predicted molar refractivity (Wildman–Crippen MR) is 71.2 cm³/mol. The zero-order chi connectivity index (χ0) is 12.0. The molecule has 2 heteroatoms. The Labute approximate surface area is 97.3 Å². The molecule has 16 heavy (non-hydrogen) atoms. The fraction of sp³-hybridized carbons (Fsp3) is 0.214. The van der Waals surface area contributed by atoms with Gasteiger partial charge in [0, 0.05) is 0 Å². The second-order valence-electron chi connectivity index (χ2n) is 3.50. The van der Waals surface area contributed by atoms with Crippen LogP contribution in [-0.2, 0) is 0 Å². The molecule has 0 aromatic carbocycles. The second-order valence-corrected chi connectivity index (χ2v) is 3.50. The summed E-state index contributed by atoms with van der Waals surface area (Å²) in [5.41, 5.74) is 9.33. The van der Waals surface area contributed by atoms with E-state index in [-0.39, 0.29) is 0 Å². The molecule has 2 N–H and O–H groups in total. The highest BCUT2D eigenvalue weighted by atomic mass is 14.8. The summed E-state index contributed by atoms with van der Waals surface area (Å²) >= 11 is 0. The molecule has 0 atom stereocenters. The smallest absolute Gasteiger partial charge is 0.0700 e. The summed E-state index contributed by atoms with van der Waals surface area (Å²) in [6.45, 7) is 7.92. The van der Waals surface area contributed by atoms with Crippen molar-refractivity contribution in [1.29, 1.82) is 0 Å². The van der Waals surface area contributed by atoms with Crippen LogP contribution in [0.2, 0.25) is 0 Å². The number of nitrogens with zero attached hydrogens (tertiary/aromatic N) is 1. The SMILES string of the molecule is C=C1C=CC=CC1=N/C(CC)=C(N)/C=C/C. The van der Waals surface area contributed by atoms with Crippen LogP contribution >= 0.6 is 0 Å². The van der Waals surface area contributed by atoms with Crippen LogP contribution < -0.4 is 5.73 Å².